The summed E-state index contributed by atoms with van der Waals surface area (Å²) in [4.78, 5) is 22.8. The van der Waals surface area contributed by atoms with Crippen molar-refractivity contribution in [3.63, 3.8) is 0 Å². The van der Waals surface area contributed by atoms with Crippen LogP contribution in [0.5, 0.6) is 5.75 Å². The van der Waals surface area contributed by atoms with Gasteiger partial charge in [0.05, 0.1) is 12.1 Å². The van der Waals surface area contributed by atoms with Gasteiger partial charge in [0.15, 0.2) is 6.61 Å². The number of benzene rings is 1. The Bertz CT molecular complexity index is 518. The molecule has 1 heterocycles. The zero-order valence-corrected chi connectivity index (χ0v) is 12.2. The van der Waals surface area contributed by atoms with Gasteiger partial charge in [-0.3, -0.25) is 9.59 Å². The second-order valence-electron chi connectivity index (χ2n) is 5.27. The molecule has 0 spiro atoms. The summed E-state index contributed by atoms with van der Waals surface area (Å²) in [5.74, 6) is -0.350. The molecule has 1 aromatic rings. The van der Waals surface area contributed by atoms with Gasteiger partial charge in [-0.15, -0.1) is 0 Å². The van der Waals surface area contributed by atoms with Gasteiger partial charge in [0.1, 0.15) is 5.75 Å². The van der Waals surface area contributed by atoms with Crippen LogP contribution in [0.2, 0.25) is 0 Å². The highest BCUT2D eigenvalue weighted by Gasteiger charge is 2.23. The highest BCUT2D eigenvalue weighted by Crippen LogP contribution is 2.13. The molecule has 5 N–H and O–H groups in total. The number of hydrogen-bond donors (Lipinski definition) is 4. The first-order valence-electron chi connectivity index (χ1n) is 7.27. The zero-order valence-electron chi connectivity index (χ0n) is 12.2. The van der Waals surface area contributed by atoms with E-state index < -0.39 is 12.0 Å². The van der Waals surface area contributed by atoms with Crippen molar-refractivity contribution in [1.29, 1.82) is 0 Å². The predicted octanol–water partition coefficient (Wildman–Crippen LogP) is -0.607. The third-order valence-corrected chi connectivity index (χ3v) is 3.50. The first kappa shape index (κ1) is 16.3. The fraction of sp³-hybridized carbons (Fsp3) is 0.467. The van der Waals surface area contributed by atoms with E-state index >= 15 is 0 Å². The number of nitrogens with two attached hydrogens (primary N) is 1. The standard InChI is InChI=1S/C15H21N3O4/c16-14(20)9-22-11-5-3-10(4-6-11)15(21)18-12-8-17-7-1-2-13(12)19/h3-6,12-13,17,19H,1-2,7-9H2,(H2,16,20)(H,18,21). The van der Waals surface area contributed by atoms with E-state index in [-0.39, 0.29) is 18.6 Å². The summed E-state index contributed by atoms with van der Waals surface area (Å²) < 4.78 is 5.13. The molecule has 0 aliphatic carbocycles. The Morgan fingerprint density at radius 2 is 2.09 bits per heavy atom. The lowest BCUT2D eigenvalue weighted by atomic mass is 10.1. The van der Waals surface area contributed by atoms with Crippen molar-refractivity contribution in [1.82, 2.24) is 10.6 Å². The number of rotatable bonds is 5. The molecule has 0 radical (unpaired) electrons. The zero-order chi connectivity index (χ0) is 15.9. The highest BCUT2D eigenvalue weighted by molar-refractivity contribution is 5.94. The van der Waals surface area contributed by atoms with Gasteiger partial charge < -0.3 is 26.2 Å². The Morgan fingerprint density at radius 3 is 2.77 bits per heavy atom. The van der Waals surface area contributed by atoms with Gasteiger partial charge in [-0.05, 0) is 43.7 Å². The average molecular weight is 307 g/mol. The van der Waals surface area contributed by atoms with Gasteiger partial charge in [0.2, 0.25) is 0 Å². The lowest BCUT2D eigenvalue weighted by molar-refractivity contribution is -0.119. The summed E-state index contributed by atoms with van der Waals surface area (Å²) in [7, 11) is 0. The van der Waals surface area contributed by atoms with Crippen LogP contribution < -0.4 is 21.1 Å². The molecule has 0 aromatic heterocycles. The smallest absolute Gasteiger partial charge is 0.255 e. The molecule has 2 amide bonds. The van der Waals surface area contributed by atoms with Crippen molar-refractivity contribution in [2.45, 2.75) is 25.0 Å². The van der Waals surface area contributed by atoms with Crippen LogP contribution in [0.25, 0.3) is 0 Å². The predicted molar refractivity (Wildman–Crippen MR) is 80.5 cm³/mol. The number of ether oxygens (including phenoxy) is 1. The molecule has 2 atom stereocenters. The quantitative estimate of drug-likeness (QED) is 0.580. The molecule has 22 heavy (non-hydrogen) atoms. The number of nitrogens with one attached hydrogen (secondary N) is 2. The second kappa shape index (κ2) is 7.77. The number of aliphatic hydroxyl groups is 1. The van der Waals surface area contributed by atoms with Gasteiger partial charge in [-0.1, -0.05) is 0 Å². The molecule has 2 rings (SSSR count). The molecule has 1 fully saturated rings. The van der Waals surface area contributed by atoms with Crippen LogP contribution >= 0.6 is 0 Å². The minimum Gasteiger partial charge on any atom is -0.484 e. The van der Waals surface area contributed by atoms with Crippen LogP contribution in [0.15, 0.2) is 24.3 Å². The van der Waals surface area contributed by atoms with Crippen LogP contribution in [-0.4, -0.2) is 48.8 Å². The summed E-state index contributed by atoms with van der Waals surface area (Å²) in [5, 5.41) is 16.0. The highest BCUT2D eigenvalue weighted by atomic mass is 16.5. The van der Waals surface area contributed by atoms with Crippen molar-refractivity contribution in [3.05, 3.63) is 29.8 Å². The Hall–Kier alpha value is -2.12. The summed E-state index contributed by atoms with van der Waals surface area (Å²) >= 11 is 0. The van der Waals surface area contributed by atoms with Crippen LogP contribution in [0.4, 0.5) is 0 Å². The van der Waals surface area contributed by atoms with E-state index in [0.29, 0.717) is 24.3 Å². The van der Waals surface area contributed by atoms with E-state index in [1.165, 1.54) is 0 Å². The Morgan fingerprint density at radius 1 is 1.36 bits per heavy atom. The van der Waals surface area contributed by atoms with Crippen molar-refractivity contribution < 1.29 is 19.4 Å². The molecule has 1 aromatic carbocycles. The van der Waals surface area contributed by atoms with Gasteiger partial charge in [-0.2, -0.15) is 0 Å². The number of aliphatic hydroxyl groups excluding tert-OH is 1. The Labute approximate surface area is 128 Å². The van der Waals surface area contributed by atoms with E-state index in [0.717, 1.165) is 13.0 Å². The molecule has 7 heteroatoms. The maximum absolute atomic E-state index is 12.2. The van der Waals surface area contributed by atoms with Crippen molar-refractivity contribution in [2.75, 3.05) is 19.7 Å². The molecule has 0 bridgehead atoms. The average Bonchev–Trinajstić information content (AvgIpc) is 2.70. The molecule has 1 aliphatic rings. The molecule has 2 unspecified atom stereocenters. The molecule has 1 saturated heterocycles. The van der Waals surface area contributed by atoms with E-state index in [2.05, 4.69) is 10.6 Å². The van der Waals surface area contributed by atoms with E-state index in [1.54, 1.807) is 24.3 Å². The monoisotopic (exact) mass is 307 g/mol. The minimum atomic E-state index is -0.559. The van der Waals surface area contributed by atoms with Crippen molar-refractivity contribution >= 4 is 11.8 Å². The molecule has 1 aliphatic heterocycles. The first-order chi connectivity index (χ1) is 10.6. The first-order valence-corrected chi connectivity index (χ1v) is 7.27. The van der Waals surface area contributed by atoms with E-state index in [4.69, 9.17) is 10.5 Å². The summed E-state index contributed by atoms with van der Waals surface area (Å²) in [6, 6.07) is 6.09. The maximum atomic E-state index is 12.2. The van der Waals surface area contributed by atoms with Crippen LogP contribution in [-0.2, 0) is 4.79 Å². The number of carbonyl (C=O) groups is 2. The lowest BCUT2D eigenvalue weighted by Gasteiger charge is -2.21. The molecule has 120 valence electrons. The summed E-state index contributed by atoms with van der Waals surface area (Å²) in [6.45, 7) is 1.19. The Kier molecular flexibility index (Phi) is 5.74. The number of carbonyl (C=O) groups excluding carboxylic acids is 2. The van der Waals surface area contributed by atoms with Crippen LogP contribution in [0, 0.1) is 0 Å². The number of hydrogen-bond acceptors (Lipinski definition) is 5. The van der Waals surface area contributed by atoms with Crippen molar-refractivity contribution in [2.24, 2.45) is 5.73 Å². The molecular weight excluding hydrogens is 286 g/mol. The minimum absolute atomic E-state index is 0.203. The molecular formula is C15H21N3O4. The van der Waals surface area contributed by atoms with Gasteiger partial charge in [-0.25, -0.2) is 0 Å². The van der Waals surface area contributed by atoms with E-state index in [1.807, 2.05) is 0 Å². The topological polar surface area (TPSA) is 114 Å². The van der Waals surface area contributed by atoms with Crippen LogP contribution in [0.3, 0.4) is 0 Å². The lowest BCUT2D eigenvalue weighted by Crippen LogP contribution is -2.47. The van der Waals surface area contributed by atoms with Gasteiger partial charge in [0.25, 0.3) is 11.8 Å². The normalized spacial score (nSPS) is 21.7. The van der Waals surface area contributed by atoms with E-state index in [9.17, 15) is 14.7 Å². The van der Waals surface area contributed by atoms with Crippen molar-refractivity contribution in [3.8, 4) is 5.75 Å². The maximum Gasteiger partial charge on any atom is 0.255 e. The fourth-order valence-corrected chi connectivity index (χ4v) is 2.29. The fourth-order valence-electron chi connectivity index (χ4n) is 2.29. The summed E-state index contributed by atoms with van der Waals surface area (Å²) in [5.41, 5.74) is 5.45. The SMILES string of the molecule is NC(=O)COc1ccc(C(=O)NC2CNCCCC2O)cc1. The van der Waals surface area contributed by atoms with Gasteiger partial charge in [0, 0.05) is 12.1 Å². The van der Waals surface area contributed by atoms with Gasteiger partial charge >= 0.3 is 0 Å². The van der Waals surface area contributed by atoms with Crippen LogP contribution in [0.1, 0.15) is 23.2 Å². The largest absolute Gasteiger partial charge is 0.484 e. The second-order valence-corrected chi connectivity index (χ2v) is 5.27. The third kappa shape index (κ3) is 4.71. The summed E-state index contributed by atoms with van der Waals surface area (Å²) in [6.07, 6.45) is 1.01. The molecule has 7 nitrogen and oxygen atoms in total. The number of primary amides is 1. The third-order valence-electron chi connectivity index (χ3n) is 3.50. The molecule has 0 saturated carbocycles. The number of amides is 2. The Balaban J connectivity index is 1.92.